The van der Waals surface area contributed by atoms with E-state index in [4.69, 9.17) is 5.26 Å². The van der Waals surface area contributed by atoms with Crippen molar-refractivity contribution in [1.29, 1.82) is 5.26 Å². The Balaban J connectivity index is 2.55. The van der Waals surface area contributed by atoms with Crippen molar-refractivity contribution in [2.24, 2.45) is 0 Å². The Morgan fingerprint density at radius 3 is 2.53 bits per heavy atom. The predicted octanol–water partition coefficient (Wildman–Crippen LogP) is 2.26. The Bertz CT molecular complexity index is 367. The fourth-order valence-electron chi connectivity index (χ4n) is 1.73. The van der Waals surface area contributed by atoms with Gasteiger partial charge < -0.3 is 5.11 Å². The molecule has 92 valence electrons. The molecule has 1 N–H and O–H groups in total. The van der Waals surface area contributed by atoms with Crippen molar-refractivity contribution in [1.82, 2.24) is 4.90 Å². The van der Waals surface area contributed by atoms with Gasteiger partial charge in [0.1, 0.15) is 0 Å². The Hall–Kier alpha value is -1.37. The molecular weight excluding hydrogens is 212 g/mol. The Morgan fingerprint density at radius 2 is 2.00 bits per heavy atom. The molecule has 0 radical (unpaired) electrons. The van der Waals surface area contributed by atoms with Crippen LogP contribution in [0.4, 0.5) is 0 Å². The molecule has 1 rings (SSSR count). The van der Waals surface area contributed by atoms with Gasteiger partial charge in [-0.05, 0) is 19.0 Å². The lowest BCUT2D eigenvalue weighted by Gasteiger charge is -2.22. The number of hydrogen-bond acceptors (Lipinski definition) is 3. The third kappa shape index (κ3) is 4.56. The molecule has 0 heterocycles. The summed E-state index contributed by atoms with van der Waals surface area (Å²) in [6, 6.07) is 10.1. The number of nitriles is 1. The van der Waals surface area contributed by atoms with Crippen LogP contribution < -0.4 is 0 Å². The highest BCUT2D eigenvalue weighted by Crippen LogP contribution is 2.15. The molecule has 1 atom stereocenters. The summed E-state index contributed by atoms with van der Waals surface area (Å²) in [5.41, 5.74) is 2.13. The molecule has 0 aliphatic carbocycles. The van der Waals surface area contributed by atoms with Gasteiger partial charge in [0.25, 0.3) is 0 Å². The van der Waals surface area contributed by atoms with Crippen LogP contribution in [-0.2, 0) is 0 Å². The highest BCUT2D eigenvalue weighted by Gasteiger charge is 2.11. The molecule has 0 saturated carbocycles. The standard InChI is InChI=1S/C14H20N2O/c1-3-16(10-4-9-15)11-14(17)13-7-5-12(2)6-8-13/h5-8,14,17H,3-4,10-11H2,1-2H3/t14-/m0/s1. The fourth-order valence-corrected chi connectivity index (χ4v) is 1.73. The number of benzene rings is 1. The quantitative estimate of drug-likeness (QED) is 0.818. The van der Waals surface area contributed by atoms with Crippen molar-refractivity contribution in [3.63, 3.8) is 0 Å². The first-order valence-corrected chi connectivity index (χ1v) is 6.01. The normalized spacial score (nSPS) is 12.4. The summed E-state index contributed by atoms with van der Waals surface area (Å²) in [4.78, 5) is 2.09. The van der Waals surface area contributed by atoms with Gasteiger partial charge in [0.2, 0.25) is 0 Å². The molecule has 0 fully saturated rings. The van der Waals surface area contributed by atoms with Gasteiger partial charge in [-0.1, -0.05) is 36.8 Å². The molecule has 1 aromatic rings. The zero-order valence-electron chi connectivity index (χ0n) is 10.6. The summed E-state index contributed by atoms with van der Waals surface area (Å²) in [7, 11) is 0. The van der Waals surface area contributed by atoms with Gasteiger partial charge in [-0.15, -0.1) is 0 Å². The largest absolute Gasteiger partial charge is 0.387 e. The lowest BCUT2D eigenvalue weighted by molar-refractivity contribution is 0.117. The summed E-state index contributed by atoms with van der Waals surface area (Å²) in [5, 5.41) is 18.6. The molecule has 0 spiro atoms. The minimum absolute atomic E-state index is 0.478. The van der Waals surface area contributed by atoms with Crippen molar-refractivity contribution in [2.75, 3.05) is 19.6 Å². The number of rotatable bonds is 6. The molecule has 0 bridgehead atoms. The molecule has 3 heteroatoms. The van der Waals surface area contributed by atoms with Gasteiger partial charge in [-0.25, -0.2) is 0 Å². The summed E-state index contributed by atoms with van der Waals surface area (Å²) in [5.74, 6) is 0. The SMILES string of the molecule is CCN(CCC#N)C[C@H](O)c1ccc(C)cc1. The van der Waals surface area contributed by atoms with Gasteiger partial charge in [0.05, 0.1) is 12.2 Å². The van der Waals surface area contributed by atoms with E-state index in [-0.39, 0.29) is 0 Å². The molecule has 0 aliphatic heterocycles. The molecule has 0 amide bonds. The lowest BCUT2D eigenvalue weighted by atomic mass is 10.1. The van der Waals surface area contributed by atoms with Crippen LogP contribution in [0.25, 0.3) is 0 Å². The molecule has 17 heavy (non-hydrogen) atoms. The molecule has 0 saturated heterocycles. The zero-order valence-corrected chi connectivity index (χ0v) is 10.6. The average molecular weight is 232 g/mol. The monoisotopic (exact) mass is 232 g/mol. The van der Waals surface area contributed by atoms with Gasteiger partial charge in [0, 0.05) is 19.5 Å². The number of nitrogens with zero attached hydrogens (tertiary/aromatic N) is 2. The zero-order chi connectivity index (χ0) is 12.7. The van der Waals surface area contributed by atoms with Crippen molar-refractivity contribution >= 4 is 0 Å². The molecule has 0 unspecified atom stereocenters. The number of aryl methyl sites for hydroxylation is 1. The number of aliphatic hydroxyl groups excluding tert-OH is 1. The van der Waals surface area contributed by atoms with Crippen LogP contribution in [0.1, 0.15) is 30.6 Å². The second kappa shape index (κ2) is 7.05. The summed E-state index contributed by atoms with van der Waals surface area (Å²) < 4.78 is 0. The Kier molecular flexibility index (Phi) is 5.68. The van der Waals surface area contributed by atoms with E-state index in [0.717, 1.165) is 18.7 Å². The van der Waals surface area contributed by atoms with Crippen molar-refractivity contribution in [3.05, 3.63) is 35.4 Å². The summed E-state index contributed by atoms with van der Waals surface area (Å²) in [6.45, 7) is 6.22. The molecule has 3 nitrogen and oxygen atoms in total. The van der Waals surface area contributed by atoms with Gasteiger partial charge in [-0.2, -0.15) is 5.26 Å². The van der Waals surface area contributed by atoms with Crippen LogP contribution in [0.5, 0.6) is 0 Å². The Morgan fingerprint density at radius 1 is 1.35 bits per heavy atom. The second-order valence-electron chi connectivity index (χ2n) is 4.23. The van der Waals surface area contributed by atoms with Crippen LogP contribution in [0.2, 0.25) is 0 Å². The van der Waals surface area contributed by atoms with E-state index >= 15 is 0 Å². The van der Waals surface area contributed by atoms with E-state index in [1.807, 2.05) is 38.1 Å². The van der Waals surface area contributed by atoms with Gasteiger partial charge >= 0.3 is 0 Å². The molecule has 1 aromatic carbocycles. The second-order valence-corrected chi connectivity index (χ2v) is 4.23. The first-order chi connectivity index (χ1) is 8.17. The van der Waals surface area contributed by atoms with E-state index in [9.17, 15) is 5.11 Å². The van der Waals surface area contributed by atoms with Crippen LogP contribution in [-0.4, -0.2) is 29.6 Å². The highest BCUT2D eigenvalue weighted by atomic mass is 16.3. The minimum atomic E-state index is -0.478. The topological polar surface area (TPSA) is 47.3 Å². The number of hydrogen-bond donors (Lipinski definition) is 1. The van der Waals surface area contributed by atoms with Gasteiger partial charge in [-0.3, -0.25) is 4.90 Å². The van der Waals surface area contributed by atoms with Crippen LogP contribution >= 0.6 is 0 Å². The van der Waals surface area contributed by atoms with E-state index in [1.54, 1.807) is 0 Å². The van der Waals surface area contributed by atoms with Crippen LogP contribution in [0, 0.1) is 18.3 Å². The van der Waals surface area contributed by atoms with E-state index < -0.39 is 6.10 Å². The Labute approximate surface area is 103 Å². The fraction of sp³-hybridized carbons (Fsp3) is 0.500. The first-order valence-electron chi connectivity index (χ1n) is 6.01. The lowest BCUT2D eigenvalue weighted by Crippen LogP contribution is -2.29. The average Bonchev–Trinajstić information content (AvgIpc) is 2.35. The smallest absolute Gasteiger partial charge is 0.0916 e. The maximum Gasteiger partial charge on any atom is 0.0916 e. The van der Waals surface area contributed by atoms with Crippen molar-refractivity contribution in [2.45, 2.75) is 26.4 Å². The van der Waals surface area contributed by atoms with Crippen molar-refractivity contribution < 1.29 is 5.11 Å². The summed E-state index contributed by atoms with van der Waals surface area (Å²) in [6.07, 6.45) is 0.0308. The molecule has 0 aromatic heterocycles. The third-order valence-electron chi connectivity index (χ3n) is 2.88. The van der Waals surface area contributed by atoms with Crippen molar-refractivity contribution in [3.8, 4) is 6.07 Å². The number of likely N-dealkylation sites (N-methyl/N-ethyl adjacent to an activating group) is 1. The predicted molar refractivity (Wildman–Crippen MR) is 68.5 cm³/mol. The first kappa shape index (κ1) is 13.7. The van der Waals surface area contributed by atoms with E-state index in [2.05, 4.69) is 11.0 Å². The van der Waals surface area contributed by atoms with E-state index in [1.165, 1.54) is 5.56 Å². The van der Waals surface area contributed by atoms with Crippen LogP contribution in [0.3, 0.4) is 0 Å². The summed E-state index contributed by atoms with van der Waals surface area (Å²) >= 11 is 0. The highest BCUT2D eigenvalue weighted by molar-refractivity contribution is 5.23. The third-order valence-corrected chi connectivity index (χ3v) is 2.88. The van der Waals surface area contributed by atoms with Gasteiger partial charge in [0.15, 0.2) is 0 Å². The van der Waals surface area contributed by atoms with E-state index in [0.29, 0.717) is 13.0 Å². The maximum atomic E-state index is 10.1. The molecular formula is C14H20N2O. The number of aliphatic hydroxyl groups is 1. The maximum absolute atomic E-state index is 10.1. The minimum Gasteiger partial charge on any atom is -0.387 e. The molecule has 0 aliphatic rings. The van der Waals surface area contributed by atoms with Crippen LogP contribution in [0.15, 0.2) is 24.3 Å².